The Hall–Kier alpha value is -3.99. The van der Waals surface area contributed by atoms with Crippen LogP contribution in [-0.2, 0) is 22.7 Å². The fourth-order valence-corrected chi connectivity index (χ4v) is 5.94. The minimum absolute atomic E-state index is 0.00247. The number of urea groups is 1. The second-order valence-corrected chi connectivity index (χ2v) is 11.4. The summed E-state index contributed by atoms with van der Waals surface area (Å²) in [4.78, 5) is 48.3. The minimum Gasteiger partial charge on any atom is -0.493 e. The van der Waals surface area contributed by atoms with E-state index in [4.69, 9.17) is 21.1 Å². The Bertz CT molecular complexity index is 1490. The lowest BCUT2D eigenvalue weighted by atomic mass is 10.1. The normalized spacial score (nSPS) is 17.4. The quantitative estimate of drug-likeness (QED) is 0.322. The summed E-state index contributed by atoms with van der Waals surface area (Å²) >= 11 is 6.71. The zero-order valence-electron chi connectivity index (χ0n) is 25.0. The van der Waals surface area contributed by atoms with Crippen molar-refractivity contribution in [3.63, 3.8) is 0 Å². The fourth-order valence-electron chi connectivity index (χ4n) is 5.62. The summed E-state index contributed by atoms with van der Waals surface area (Å²) in [6, 6.07) is 7.36. The topological polar surface area (TPSA) is 109 Å². The van der Waals surface area contributed by atoms with E-state index in [9.17, 15) is 14.4 Å². The molecule has 12 heteroatoms. The first-order valence-corrected chi connectivity index (χ1v) is 15.2. The van der Waals surface area contributed by atoms with Crippen molar-refractivity contribution < 1.29 is 23.9 Å². The van der Waals surface area contributed by atoms with E-state index in [1.807, 2.05) is 36.1 Å². The molecule has 230 valence electrons. The molecule has 2 fully saturated rings. The van der Waals surface area contributed by atoms with Crippen LogP contribution in [0.25, 0.3) is 11.0 Å². The molecular weight excluding hydrogens is 572 g/mol. The van der Waals surface area contributed by atoms with E-state index in [0.29, 0.717) is 60.3 Å². The van der Waals surface area contributed by atoms with Gasteiger partial charge in [-0.1, -0.05) is 31.4 Å². The average Bonchev–Trinajstić information content (AvgIpc) is 3.32. The third-order valence-corrected chi connectivity index (χ3v) is 8.36. The second-order valence-electron chi connectivity index (χ2n) is 11.0. The molecule has 0 saturated carbocycles. The summed E-state index contributed by atoms with van der Waals surface area (Å²) in [5, 5.41) is 3.89. The van der Waals surface area contributed by atoms with Crippen molar-refractivity contribution >= 4 is 46.2 Å². The number of fused-ring (bicyclic) bond motifs is 1. The molecule has 4 heterocycles. The van der Waals surface area contributed by atoms with Crippen LogP contribution in [0, 0.1) is 0 Å². The molecule has 0 aliphatic carbocycles. The van der Waals surface area contributed by atoms with Gasteiger partial charge in [0.2, 0.25) is 11.8 Å². The van der Waals surface area contributed by atoms with Crippen molar-refractivity contribution in [1.82, 2.24) is 24.7 Å². The number of halogens is 1. The van der Waals surface area contributed by atoms with Crippen molar-refractivity contribution in [2.45, 2.75) is 58.7 Å². The molecule has 11 nitrogen and oxygen atoms in total. The molecule has 2 saturated heterocycles. The van der Waals surface area contributed by atoms with Crippen LogP contribution in [0.3, 0.4) is 0 Å². The van der Waals surface area contributed by atoms with Crippen molar-refractivity contribution in [3.05, 3.63) is 47.2 Å². The first-order valence-electron chi connectivity index (χ1n) is 14.9. The van der Waals surface area contributed by atoms with Gasteiger partial charge in [0.15, 0.2) is 11.5 Å². The first-order chi connectivity index (χ1) is 20.8. The highest BCUT2D eigenvalue weighted by molar-refractivity contribution is 6.35. The highest BCUT2D eigenvalue weighted by atomic mass is 35.5. The molecule has 2 aliphatic heterocycles. The van der Waals surface area contributed by atoms with Gasteiger partial charge in [-0.05, 0) is 43.5 Å². The van der Waals surface area contributed by atoms with Gasteiger partial charge >= 0.3 is 6.03 Å². The molecule has 4 amide bonds. The number of ether oxygens (including phenoxy) is 2. The fraction of sp³-hybridized carbons (Fsp3) is 0.484. The van der Waals surface area contributed by atoms with Crippen LogP contribution in [0.5, 0.6) is 11.5 Å². The average molecular weight is 611 g/mol. The third-order valence-electron chi connectivity index (χ3n) is 8.08. The summed E-state index contributed by atoms with van der Waals surface area (Å²) in [7, 11) is 1.61. The van der Waals surface area contributed by atoms with Gasteiger partial charge in [-0.15, -0.1) is 0 Å². The molecule has 1 aromatic carbocycles. The Morgan fingerprint density at radius 3 is 2.77 bits per heavy atom. The van der Waals surface area contributed by atoms with Crippen molar-refractivity contribution in [1.29, 1.82) is 0 Å². The molecule has 2 aliphatic rings. The third kappa shape index (κ3) is 6.66. The Labute approximate surface area is 256 Å². The number of amides is 4. The minimum atomic E-state index is -0.181. The highest BCUT2D eigenvalue weighted by Gasteiger charge is 2.33. The van der Waals surface area contributed by atoms with E-state index < -0.39 is 0 Å². The molecular formula is C31H39ClN6O5. The Morgan fingerprint density at radius 1 is 1.16 bits per heavy atom. The lowest BCUT2D eigenvalue weighted by Crippen LogP contribution is -2.53. The predicted molar refractivity (Wildman–Crippen MR) is 165 cm³/mol. The molecule has 0 bridgehead atoms. The lowest BCUT2D eigenvalue weighted by Gasteiger charge is -2.40. The van der Waals surface area contributed by atoms with Gasteiger partial charge in [0.05, 0.1) is 25.3 Å². The SMILES string of the molecule is CCCCCOc1cc(N2CC[C@H](C)N(Cc3ccnc4c3c(Cl)cn4CC(=O)N3CCNC(=O)C3)C2=O)ccc1OC. The Balaban J connectivity index is 1.35. The number of piperazine rings is 1. The van der Waals surface area contributed by atoms with E-state index in [-0.39, 0.29) is 37.0 Å². The van der Waals surface area contributed by atoms with Gasteiger partial charge in [0.25, 0.3) is 0 Å². The number of unbranched alkanes of at least 4 members (excludes halogenated alkanes) is 2. The van der Waals surface area contributed by atoms with Crippen LogP contribution < -0.4 is 19.7 Å². The number of benzene rings is 1. The number of nitrogens with one attached hydrogen (secondary N) is 1. The summed E-state index contributed by atoms with van der Waals surface area (Å²) < 4.78 is 13.2. The number of aromatic nitrogens is 2. The summed E-state index contributed by atoms with van der Waals surface area (Å²) in [5.74, 6) is 0.905. The number of carbonyl (C=O) groups is 3. The van der Waals surface area contributed by atoms with E-state index in [0.717, 1.165) is 36.9 Å². The molecule has 1 atom stereocenters. The molecule has 43 heavy (non-hydrogen) atoms. The molecule has 0 unspecified atom stereocenters. The number of carbonyl (C=O) groups excluding carboxylic acids is 3. The monoisotopic (exact) mass is 610 g/mol. The predicted octanol–water partition coefficient (Wildman–Crippen LogP) is 4.45. The highest BCUT2D eigenvalue weighted by Crippen LogP contribution is 2.35. The molecule has 3 aromatic rings. The Morgan fingerprint density at radius 2 is 2.00 bits per heavy atom. The van der Waals surface area contributed by atoms with Gasteiger partial charge in [0.1, 0.15) is 12.2 Å². The number of hydrogen-bond donors (Lipinski definition) is 1. The molecule has 5 rings (SSSR count). The summed E-state index contributed by atoms with van der Waals surface area (Å²) in [6.07, 6.45) is 7.29. The standard InChI is InChI=1S/C31H39ClN6O5/c1-4-5-6-15-43-26-16-23(7-8-25(26)42-3)37-13-10-21(2)38(31(37)41)17-22-9-11-34-30-29(22)24(32)18-36(30)20-28(40)35-14-12-33-27(39)19-35/h7-9,11,16,18,21H,4-6,10,12-15,17,19-20H2,1-3H3,(H,33,39)/t21-/m0/s1. The smallest absolute Gasteiger partial charge is 0.325 e. The van der Waals surface area contributed by atoms with Crippen molar-refractivity contribution in [3.8, 4) is 11.5 Å². The van der Waals surface area contributed by atoms with Gasteiger partial charge in [0, 0.05) is 61.8 Å². The maximum Gasteiger partial charge on any atom is 0.325 e. The summed E-state index contributed by atoms with van der Waals surface area (Å²) in [6.45, 7) is 6.64. The maximum absolute atomic E-state index is 13.9. The lowest BCUT2D eigenvalue weighted by molar-refractivity contribution is -0.138. The number of pyridine rings is 1. The Kier molecular flexibility index (Phi) is 9.59. The zero-order valence-corrected chi connectivity index (χ0v) is 25.7. The van der Waals surface area contributed by atoms with E-state index in [1.54, 1.807) is 29.0 Å². The number of hydrogen-bond acceptors (Lipinski definition) is 6. The number of methoxy groups -OCH3 is 1. The first kappa shape index (κ1) is 30.5. The second kappa shape index (κ2) is 13.5. The van der Waals surface area contributed by atoms with Crippen LogP contribution in [0.15, 0.2) is 36.7 Å². The van der Waals surface area contributed by atoms with Crippen LogP contribution >= 0.6 is 11.6 Å². The molecule has 0 radical (unpaired) electrons. The zero-order chi connectivity index (χ0) is 30.5. The van der Waals surface area contributed by atoms with Crippen LogP contribution in [-0.4, -0.2) is 83.1 Å². The molecule has 0 spiro atoms. The number of nitrogens with zero attached hydrogens (tertiary/aromatic N) is 5. The maximum atomic E-state index is 13.9. The van der Waals surface area contributed by atoms with E-state index in [2.05, 4.69) is 17.2 Å². The van der Waals surface area contributed by atoms with E-state index >= 15 is 0 Å². The van der Waals surface area contributed by atoms with E-state index in [1.165, 1.54) is 4.90 Å². The molecule has 2 aromatic heterocycles. The summed E-state index contributed by atoms with van der Waals surface area (Å²) in [5.41, 5.74) is 2.16. The van der Waals surface area contributed by atoms with Gasteiger partial charge < -0.3 is 29.2 Å². The van der Waals surface area contributed by atoms with Crippen LogP contribution in [0.4, 0.5) is 10.5 Å². The van der Waals surface area contributed by atoms with Crippen molar-refractivity contribution in [2.75, 3.05) is 44.8 Å². The molecule has 1 N–H and O–H groups in total. The van der Waals surface area contributed by atoms with Gasteiger partial charge in [-0.3, -0.25) is 14.5 Å². The largest absolute Gasteiger partial charge is 0.493 e. The van der Waals surface area contributed by atoms with Crippen molar-refractivity contribution in [2.24, 2.45) is 0 Å². The van der Waals surface area contributed by atoms with Crippen LogP contribution in [0.2, 0.25) is 5.02 Å². The van der Waals surface area contributed by atoms with Crippen LogP contribution in [0.1, 0.15) is 45.1 Å². The van der Waals surface area contributed by atoms with Gasteiger partial charge in [-0.2, -0.15) is 0 Å². The van der Waals surface area contributed by atoms with Gasteiger partial charge in [-0.25, -0.2) is 9.78 Å². The number of rotatable bonds is 11. The number of anilines is 1.